The Morgan fingerprint density at radius 2 is 1.88 bits per heavy atom. The van der Waals surface area contributed by atoms with Crippen LogP contribution in [0.3, 0.4) is 0 Å². The Bertz CT molecular complexity index is 603. The number of nitrogens with zero attached hydrogens (tertiary/aromatic N) is 3. The largest absolute Gasteiger partial charge is 0.404 e. The van der Waals surface area contributed by atoms with Crippen LogP contribution in [0.25, 0.3) is 0 Å². The minimum atomic E-state index is -4.23. The molecule has 0 unspecified atom stereocenters. The Kier molecular flexibility index (Phi) is 4.99. The summed E-state index contributed by atoms with van der Waals surface area (Å²) < 4.78 is 40.1. The molecule has 136 valence electrons. The Morgan fingerprint density at radius 3 is 2.33 bits per heavy atom. The predicted molar refractivity (Wildman–Crippen MR) is 84.9 cm³/mol. The first-order valence-corrected chi connectivity index (χ1v) is 8.02. The lowest BCUT2D eigenvalue weighted by Gasteiger charge is -2.38. The van der Waals surface area contributed by atoms with E-state index < -0.39 is 12.2 Å². The van der Waals surface area contributed by atoms with E-state index in [1.807, 2.05) is 20.8 Å². The van der Waals surface area contributed by atoms with Crippen LogP contribution >= 0.6 is 0 Å². The van der Waals surface area contributed by atoms with Crippen LogP contribution in [0.1, 0.15) is 49.8 Å². The number of piperidine rings is 1. The van der Waals surface area contributed by atoms with Crippen molar-refractivity contribution in [2.75, 3.05) is 13.6 Å². The first kappa shape index (κ1) is 18.8. The normalized spacial score (nSPS) is 23.3. The maximum Gasteiger partial charge on any atom is 0.404 e. The molecule has 1 aromatic rings. The van der Waals surface area contributed by atoms with Crippen LogP contribution in [0.2, 0.25) is 0 Å². The van der Waals surface area contributed by atoms with Crippen molar-refractivity contribution in [2.24, 2.45) is 7.05 Å². The molecule has 0 spiro atoms. The number of carbonyl (C=O) groups is 1. The van der Waals surface area contributed by atoms with Gasteiger partial charge in [-0.1, -0.05) is 20.8 Å². The van der Waals surface area contributed by atoms with Crippen molar-refractivity contribution in [1.29, 1.82) is 0 Å². The van der Waals surface area contributed by atoms with Crippen molar-refractivity contribution in [1.82, 2.24) is 20.0 Å². The van der Waals surface area contributed by atoms with Crippen LogP contribution in [0, 0.1) is 0 Å². The van der Waals surface area contributed by atoms with Gasteiger partial charge in [0, 0.05) is 25.0 Å². The van der Waals surface area contributed by atoms with Gasteiger partial charge in [-0.15, -0.1) is 0 Å². The first-order chi connectivity index (χ1) is 10.9. The third-order valence-corrected chi connectivity index (χ3v) is 4.42. The lowest BCUT2D eigenvalue weighted by atomic mass is 9.92. The number of halogens is 3. The van der Waals surface area contributed by atoms with Crippen LogP contribution in [0.15, 0.2) is 6.07 Å². The Labute approximate surface area is 140 Å². The van der Waals surface area contributed by atoms with Gasteiger partial charge in [0.15, 0.2) is 0 Å². The molecule has 1 aliphatic heterocycles. The van der Waals surface area contributed by atoms with Crippen LogP contribution in [0.5, 0.6) is 0 Å². The smallest absolute Gasteiger partial charge is 0.347 e. The summed E-state index contributed by atoms with van der Waals surface area (Å²) in [6.07, 6.45) is -3.93. The van der Waals surface area contributed by atoms with Gasteiger partial charge in [-0.2, -0.15) is 18.3 Å². The second-order valence-electron chi connectivity index (χ2n) is 7.53. The number of likely N-dealkylation sites (N-methyl/N-ethyl adjacent to an activating group) is 1. The standard InChI is InChI=1S/C16H25F3N4O/c1-15(2,3)12-8-11(23(5)21-12)14(24)20-10-6-7-13(16(17,18)19)22(4)9-10/h8,10,13H,6-7,9H2,1-5H3,(H,20,24)/t10-,13+/m1/s1. The van der Waals surface area contributed by atoms with Crippen LogP contribution < -0.4 is 5.32 Å². The van der Waals surface area contributed by atoms with Gasteiger partial charge in [-0.25, -0.2) is 0 Å². The summed E-state index contributed by atoms with van der Waals surface area (Å²) in [7, 11) is 3.13. The molecular weight excluding hydrogens is 321 g/mol. The van der Waals surface area contributed by atoms with Gasteiger partial charge in [0.05, 0.1) is 5.69 Å². The van der Waals surface area contributed by atoms with Crippen molar-refractivity contribution in [3.05, 3.63) is 17.5 Å². The van der Waals surface area contributed by atoms with E-state index in [0.717, 1.165) is 5.69 Å². The van der Waals surface area contributed by atoms with Crippen molar-refractivity contribution in [3.63, 3.8) is 0 Å². The fraction of sp³-hybridized carbons (Fsp3) is 0.750. The molecule has 0 aliphatic carbocycles. The molecule has 5 nitrogen and oxygen atoms in total. The molecule has 1 fully saturated rings. The third-order valence-electron chi connectivity index (χ3n) is 4.42. The molecule has 1 saturated heterocycles. The second kappa shape index (κ2) is 6.38. The average Bonchev–Trinajstić information content (AvgIpc) is 2.79. The molecule has 0 bridgehead atoms. The lowest BCUT2D eigenvalue weighted by Crippen LogP contribution is -2.54. The van der Waals surface area contributed by atoms with E-state index >= 15 is 0 Å². The van der Waals surface area contributed by atoms with Crippen LogP contribution in [0.4, 0.5) is 13.2 Å². The number of aromatic nitrogens is 2. The van der Waals surface area contributed by atoms with Crippen LogP contribution in [-0.4, -0.2) is 52.4 Å². The Hall–Kier alpha value is -1.57. The number of aryl methyl sites for hydroxylation is 1. The van der Waals surface area contributed by atoms with Gasteiger partial charge in [-0.05, 0) is 26.0 Å². The zero-order valence-corrected chi connectivity index (χ0v) is 14.7. The first-order valence-electron chi connectivity index (χ1n) is 8.02. The number of nitrogens with one attached hydrogen (secondary N) is 1. The molecule has 2 heterocycles. The SMILES string of the molecule is CN1C[C@H](NC(=O)c2cc(C(C)(C)C)nn2C)CC[C@H]1C(F)(F)F. The van der Waals surface area contributed by atoms with E-state index in [-0.39, 0.29) is 30.3 Å². The van der Waals surface area contributed by atoms with E-state index in [0.29, 0.717) is 12.1 Å². The van der Waals surface area contributed by atoms with Crippen molar-refractivity contribution in [3.8, 4) is 0 Å². The predicted octanol–water partition coefficient (Wildman–Crippen LogP) is 2.47. The summed E-state index contributed by atoms with van der Waals surface area (Å²) in [5, 5.41) is 7.19. The summed E-state index contributed by atoms with van der Waals surface area (Å²) >= 11 is 0. The number of hydrogen-bond acceptors (Lipinski definition) is 3. The van der Waals surface area contributed by atoms with E-state index in [1.54, 1.807) is 13.1 Å². The highest BCUT2D eigenvalue weighted by Gasteiger charge is 2.45. The van der Waals surface area contributed by atoms with Crippen LogP contribution in [-0.2, 0) is 12.5 Å². The molecule has 1 N–H and O–H groups in total. The van der Waals surface area contributed by atoms with Gasteiger partial charge in [-0.3, -0.25) is 14.4 Å². The summed E-state index contributed by atoms with van der Waals surface area (Å²) in [6.45, 7) is 6.19. The maximum atomic E-state index is 12.9. The highest BCUT2D eigenvalue weighted by Crippen LogP contribution is 2.31. The fourth-order valence-corrected chi connectivity index (χ4v) is 2.98. The van der Waals surface area contributed by atoms with Gasteiger partial charge in [0.1, 0.15) is 11.7 Å². The van der Waals surface area contributed by atoms with E-state index in [9.17, 15) is 18.0 Å². The molecule has 2 atom stereocenters. The molecule has 1 aliphatic rings. The Morgan fingerprint density at radius 1 is 1.25 bits per heavy atom. The molecule has 0 aromatic carbocycles. The lowest BCUT2D eigenvalue weighted by molar-refractivity contribution is -0.188. The molecule has 1 aromatic heterocycles. The van der Waals surface area contributed by atoms with Gasteiger partial charge < -0.3 is 5.32 Å². The zero-order chi connectivity index (χ0) is 18.3. The quantitative estimate of drug-likeness (QED) is 0.895. The molecule has 1 amide bonds. The zero-order valence-electron chi connectivity index (χ0n) is 14.7. The number of alkyl halides is 3. The number of amides is 1. The number of rotatable bonds is 2. The summed E-state index contributed by atoms with van der Waals surface area (Å²) in [4.78, 5) is 13.7. The molecule has 0 saturated carbocycles. The average molecular weight is 346 g/mol. The molecule has 2 rings (SSSR count). The molecular formula is C16H25F3N4O. The van der Waals surface area contributed by atoms with Gasteiger partial charge in [0.25, 0.3) is 5.91 Å². The highest BCUT2D eigenvalue weighted by atomic mass is 19.4. The van der Waals surface area contributed by atoms with E-state index in [2.05, 4.69) is 10.4 Å². The minimum absolute atomic E-state index is 0.0103. The van der Waals surface area contributed by atoms with E-state index in [4.69, 9.17) is 0 Å². The number of carbonyl (C=O) groups excluding carboxylic acids is 1. The van der Waals surface area contributed by atoms with E-state index in [1.165, 1.54) is 16.6 Å². The Balaban J connectivity index is 2.03. The molecule has 8 heteroatoms. The van der Waals surface area contributed by atoms with Crippen molar-refractivity contribution < 1.29 is 18.0 Å². The number of likely N-dealkylation sites (tertiary alicyclic amines) is 1. The van der Waals surface area contributed by atoms with Crippen molar-refractivity contribution in [2.45, 2.75) is 57.3 Å². The summed E-state index contributed by atoms with van der Waals surface area (Å²) in [5.74, 6) is -0.302. The van der Waals surface area contributed by atoms with Gasteiger partial charge in [0.2, 0.25) is 0 Å². The summed E-state index contributed by atoms with van der Waals surface area (Å²) in [5.41, 5.74) is 1.04. The third kappa shape index (κ3) is 4.09. The monoisotopic (exact) mass is 346 g/mol. The highest BCUT2D eigenvalue weighted by molar-refractivity contribution is 5.92. The fourth-order valence-electron chi connectivity index (χ4n) is 2.98. The van der Waals surface area contributed by atoms with Gasteiger partial charge >= 0.3 is 6.18 Å². The summed E-state index contributed by atoms with van der Waals surface area (Å²) in [6, 6.07) is 0.00403. The molecule has 0 radical (unpaired) electrons. The minimum Gasteiger partial charge on any atom is -0.347 e. The second-order valence-corrected chi connectivity index (χ2v) is 7.53. The maximum absolute atomic E-state index is 12.9. The van der Waals surface area contributed by atoms with Crippen molar-refractivity contribution >= 4 is 5.91 Å². The number of hydrogen-bond donors (Lipinski definition) is 1. The topological polar surface area (TPSA) is 50.2 Å². The molecule has 24 heavy (non-hydrogen) atoms.